The fourth-order valence-corrected chi connectivity index (χ4v) is 4.55. The largest absolute Gasteiger partial charge is 0.493 e. The van der Waals surface area contributed by atoms with Gasteiger partial charge in [-0.15, -0.1) is 0 Å². The molecule has 1 saturated heterocycles. The summed E-state index contributed by atoms with van der Waals surface area (Å²) in [5, 5.41) is 18.7. The lowest BCUT2D eigenvalue weighted by molar-refractivity contribution is -0.121. The van der Waals surface area contributed by atoms with Gasteiger partial charge in [0.25, 0.3) is 5.91 Å². The van der Waals surface area contributed by atoms with Gasteiger partial charge >= 0.3 is 11.9 Å². The quantitative estimate of drug-likeness (QED) is 0.379. The molecule has 0 unspecified atom stereocenters. The summed E-state index contributed by atoms with van der Waals surface area (Å²) in [5.74, 6) is -1.30. The maximum atomic E-state index is 12.9. The number of aryl methyl sites for hydroxylation is 1. The third kappa shape index (κ3) is 5.87. The molecule has 0 bridgehead atoms. The normalized spacial score (nSPS) is 15.2. The molecule has 9 nitrogen and oxygen atoms in total. The fourth-order valence-electron chi connectivity index (χ4n) is 3.57. The second kappa shape index (κ2) is 11.2. The van der Waals surface area contributed by atoms with E-state index >= 15 is 0 Å². The van der Waals surface area contributed by atoms with Crippen LogP contribution in [0, 0.1) is 6.92 Å². The second-order valence-corrected chi connectivity index (χ2v) is 9.39. The lowest BCUT2D eigenvalue weighted by atomic mass is 10.1. The Kier molecular flexibility index (Phi) is 7.82. The van der Waals surface area contributed by atoms with Gasteiger partial charge in [-0.2, -0.15) is 0 Å². The Balaban J connectivity index is 1.52. The second-order valence-electron chi connectivity index (χ2n) is 8.38. The number of thioether (sulfide) groups is 1. The predicted octanol–water partition coefficient (Wildman–Crippen LogP) is 5.21. The summed E-state index contributed by atoms with van der Waals surface area (Å²) in [6, 6.07) is 16.4. The fraction of sp³-hybridized carbons (Fsp3) is 0.143. The number of hydrogen-bond donors (Lipinski definition) is 2. The lowest BCUT2D eigenvalue weighted by Gasteiger charge is -2.12. The highest BCUT2D eigenvalue weighted by atomic mass is 32.2. The molecule has 4 rings (SSSR count). The molecular weight excluding hydrogens is 508 g/mol. The van der Waals surface area contributed by atoms with Gasteiger partial charge in [0.15, 0.2) is 16.7 Å². The van der Waals surface area contributed by atoms with E-state index in [0.29, 0.717) is 27.3 Å². The number of carboxylic acid groups (broad SMARTS) is 2. The number of carbonyl (C=O) groups is 3. The van der Waals surface area contributed by atoms with Crippen LogP contribution in [0.1, 0.15) is 37.4 Å². The van der Waals surface area contributed by atoms with Gasteiger partial charge in [-0.3, -0.25) is 9.69 Å². The van der Waals surface area contributed by atoms with E-state index in [1.807, 2.05) is 6.92 Å². The first kappa shape index (κ1) is 26.5. The van der Waals surface area contributed by atoms with Gasteiger partial charge < -0.3 is 19.7 Å². The van der Waals surface area contributed by atoms with Crippen LogP contribution in [0.4, 0.5) is 5.69 Å². The van der Waals surface area contributed by atoms with Gasteiger partial charge in [0.05, 0.1) is 28.8 Å². The van der Waals surface area contributed by atoms with Crippen LogP contribution in [0.3, 0.4) is 0 Å². The highest BCUT2D eigenvalue weighted by Gasteiger charge is 2.30. The Morgan fingerprint density at radius 1 is 0.974 bits per heavy atom. The molecule has 0 saturated carbocycles. The van der Waals surface area contributed by atoms with Gasteiger partial charge in [0.1, 0.15) is 6.61 Å². The third-order valence-electron chi connectivity index (χ3n) is 5.76. The number of nitrogens with zero attached hydrogens (tertiary/aromatic N) is 2. The van der Waals surface area contributed by atoms with Gasteiger partial charge in [-0.1, -0.05) is 24.3 Å². The smallest absolute Gasteiger partial charge is 0.335 e. The van der Waals surface area contributed by atoms with Crippen molar-refractivity contribution in [3.05, 3.63) is 93.4 Å². The van der Waals surface area contributed by atoms with Crippen molar-refractivity contribution in [1.29, 1.82) is 0 Å². The summed E-state index contributed by atoms with van der Waals surface area (Å²) in [6.45, 7) is 2.04. The summed E-state index contributed by atoms with van der Waals surface area (Å²) >= 11 is 1.19. The van der Waals surface area contributed by atoms with E-state index in [-0.39, 0.29) is 23.6 Å². The van der Waals surface area contributed by atoms with E-state index < -0.39 is 11.9 Å². The zero-order valence-electron chi connectivity index (χ0n) is 20.8. The average molecular weight is 533 g/mol. The molecule has 0 aliphatic carbocycles. The SMILES string of the molecule is COc1cc(/C=C2\SC(=Nc3cc(C(=O)O)ccc3C)N(C)C2=O)ccc1OCc1ccc(C(=O)O)cc1. The predicted molar refractivity (Wildman–Crippen MR) is 144 cm³/mol. The number of rotatable bonds is 8. The first-order valence-corrected chi connectivity index (χ1v) is 12.2. The van der Waals surface area contributed by atoms with Crippen LogP contribution in [-0.2, 0) is 11.4 Å². The molecule has 0 spiro atoms. The van der Waals surface area contributed by atoms with Crippen LogP contribution in [0.5, 0.6) is 11.5 Å². The number of amidine groups is 1. The van der Waals surface area contributed by atoms with Crippen LogP contribution in [0.15, 0.2) is 70.6 Å². The van der Waals surface area contributed by atoms with Crippen molar-refractivity contribution in [2.45, 2.75) is 13.5 Å². The molecule has 38 heavy (non-hydrogen) atoms. The minimum absolute atomic E-state index is 0.120. The summed E-state index contributed by atoms with van der Waals surface area (Å²) in [5.41, 5.74) is 3.11. The Hall–Kier alpha value is -4.57. The van der Waals surface area contributed by atoms with Crippen LogP contribution in [-0.4, -0.2) is 52.3 Å². The number of ether oxygens (including phenoxy) is 2. The molecular formula is C28H24N2O7S. The number of hydrogen-bond acceptors (Lipinski definition) is 7. The van der Waals surface area contributed by atoms with Crippen molar-refractivity contribution in [2.75, 3.05) is 14.2 Å². The highest BCUT2D eigenvalue weighted by Crippen LogP contribution is 2.36. The molecule has 0 aromatic heterocycles. The van der Waals surface area contributed by atoms with Crippen LogP contribution < -0.4 is 9.47 Å². The molecule has 3 aromatic rings. The van der Waals surface area contributed by atoms with Crippen molar-refractivity contribution in [2.24, 2.45) is 4.99 Å². The van der Waals surface area contributed by atoms with Crippen LogP contribution in [0.25, 0.3) is 6.08 Å². The summed E-state index contributed by atoms with van der Waals surface area (Å²) in [4.78, 5) is 41.7. The molecule has 194 valence electrons. The number of aliphatic imine (C=N–C) groups is 1. The molecule has 3 aromatic carbocycles. The number of likely N-dealkylation sites (N-methyl/N-ethyl adjacent to an activating group) is 1. The van der Waals surface area contributed by atoms with Crippen molar-refractivity contribution < 1.29 is 34.1 Å². The van der Waals surface area contributed by atoms with Gasteiger partial charge in [0.2, 0.25) is 0 Å². The molecule has 1 aliphatic heterocycles. The van der Waals surface area contributed by atoms with E-state index in [1.54, 1.807) is 49.5 Å². The molecule has 1 heterocycles. The van der Waals surface area contributed by atoms with Gasteiger partial charge in [0, 0.05) is 7.05 Å². The number of carbonyl (C=O) groups excluding carboxylic acids is 1. The topological polar surface area (TPSA) is 126 Å². The first-order valence-electron chi connectivity index (χ1n) is 11.4. The molecule has 0 atom stereocenters. The van der Waals surface area contributed by atoms with Crippen LogP contribution >= 0.6 is 11.8 Å². The molecule has 1 aliphatic rings. The molecule has 0 radical (unpaired) electrons. The first-order chi connectivity index (χ1) is 18.2. The standard InChI is InChI=1S/C28H24N2O7S/c1-16-4-8-20(27(34)35)14-21(16)29-28-30(2)25(31)24(38-28)13-18-7-11-22(23(12-18)36-3)37-15-17-5-9-19(10-6-17)26(32)33/h4-14H,15H2,1-3H3,(H,32,33)(H,34,35)/b24-13-,29-28?. The van der Waals surface area contributed by atoms with Crippen molar-refractivity contribution in [1.82, 2.24) is 4.90 Å². The van der Waals surface area contributed by atoms with Crippen molar-refractivity contribution >= 4 is 46.5 Å². The summed E-state index contributed by atoms with van der Waals surface area (Å²) in [7, 11) is 3.13. The molecule has 2 N–H and O–H groups in total. The maximum absolute atomic E-state index is 12.9. The van der Waals surface area contributed by atoms with Crippen molar-refractivity contribution in [3.8, 4) is 11.5 Å². The number of carboxylic acids is 2. The highest BCUT2D eigenvalue weighted by molar-refractivity contribution is 8.18. The molecule has 1 amide bonds. The average Bonchev–Trinajstić information content (AvgIpc) is 3.16. The van der Waals surface area contributed by atoms with E-state index in [9.17, 15) is 19.5 Å². The summed E-state index contributed by atoms with van der Waals surface area (Å²) in [6.07, 6.45) is 1.73. The zero-order chi connectivity index (χ0) is 27.4. The number of benzene rings is 3. The molecule has 10 heteroatoms. The van der Waals surface area contributed by atoms with E-state index in [1.165, 1.54) is 48.0 Å². The van der Waals surface area contributed by atoms with Gasteiger partial charge in [-0.05, 0) is 77.9 Å². The number of aromatic carboxylic acids is 2. The maximum Gasteiger partial charge on any atom is 0.335 e. The van der Waals surface area contributed by atoms with Gasteiger partial charge in [-0.25, -0.2) is 14.6 Å². The van der Waals surface area contributed by atoms with Crippen LogP contribution in [0.2, 0.25) is 0 Å². The van der Waals surface area contributed by atoms with Crippen molar-refractivity contribution in [3.63, 3.8) is 0 Å². The summed E-state index contributed by atoms with van der Waals surface area (Å²) < 4.78 is 11.3. The Labute approximate surface area is 223 Å². The Morgan fingerprint density at radius 2 is 1.66 bits per heavy atom. The van der Waals surface area contributed by atoms with E-state index in [4.69, 9.17) is 14.6 Å². The third-order valence-corrected chi connectivity index (χ3v) is 6.82. The number of methoxy groups -OCH3 is 1. The Bertz CT molecular complexity index is 1480. The lowest BCUT2D eigenvalue weighted by Crippen LogP contribution is -2.23. The molecule has 1 fully saturated rings. The van der Waals surface area contributed by atoms with E-state index in [2.05, 4.69) is 4.99 Å². The minimum atomic E-state index is -1.05. The monoisotopic (exact) mass is 532 g/mol. The zero-order valence-corrected chi connectivity index (χ0v) is 21.6. The Morgan fingerprint density at radius 3 is 2.32 bits per heavy atom. The minimum Gasteiger partial charge on any atom is -0.493 e. The number of amides is 1. The van der Waals surface area contributed by atoms with E-state index in [0.717, 1.165) is 16.7 Å².